The summed E-state index contributed by atoms with van der Waals surface area (Å²) >= 11 is 1.84. The van der Waals surface area contributed by atoms with Crippen molar-refractivity contribution in [2.45, 2.75) is 5.03 Å². The summed E-state index contributed by atoms with van der Waals surface area (Å²) in [4.78, 5) is 5.03. The number of nitrogens with zero attached hydrogens (tertiary/aromatic N) is 3. The van der Waals surface area contributed by atoms with Crippen LogP contribution in [-0.4, -0.2) is 11.2 Å². The highest BCUT2D eigenvalue weighted by atomic mass is 32.2. The fourth-order valence-electron chi connectivity index (χ4n) is 1.67. The van der Waals surface area contributed by atoms with Gasteiger partial charge in [0.2, 0.25) is 0 Å². The van der Waals surface area contributed by atoms with Crippen LogP contribution in [-0.2, 0) is 0 Å². The van der Waals surface area contributed by atoms with Crippen molar-refractivity contribution in [3.63, 3.8) is 0 Å². The molecule has 2 rings (SSSR count). The Bertz CT molecular complexity index is 663. The van der Waals surface area contributed by atoms with Gasteiger partial charge in [0.15, 0.2) is 0 Å². The molecule has 0 aliphatic rings. The number of anilines is 1. The number of nitrogens with two attached hydrogens (primary N) is 1. The van der Waals surface area contributed by atoms with E-state index in [4.69, 9.17) is 5.73 Å². The molecular formula is C12H10N4S2. The van der Waals surface area contributed by atoms with E-state index in [1.165, 1.54) is 11.3 Å². The summed E-state index contributed by atoms with van der Waals surface area (Å²) in [6, 6.07) is 7.96. The van der Waals surface area contributed by atoms with Crippen LogP contribution in [0.2, 0.25) is 0 Å². The summed E-state index contributed by atoms with van der Waals surface area (Å²) in [6.45, 7) is 0. The normalized spacial score (nSPS) is 10.8. The molecule has 0 radical (unpaired) electrons. The molecule has 0 unspecified atom stereocenters. The molecule has 90 valence electrons. The Hall–Kier alpha value is -2.02. The molecule has 2 N–H and O–H groups in total. The van der Waals surface area contributed by atoms with E-state index in [0.717, 1.165) is 4.88 Å². The van der Waals surface area contributed by atoms with Crippen molar-refractivity contribution < 1.29 is 0 Å². The van der Waals surface area contributed by atoms with Crippen LogP contribution in [0.4, 0.5) is 5.82 Å². The predicted molar refractivity (Wildman–Crippen MR) is 76.0 cm³/mol. The van der Waals surface area contributed by atoms with E-state index in [1.807, 2.05) is 29.8 Å². The van der Waals surface area contributed by atoms with Crippen molar-refractivity contribution in [1.82, 2.24) is 4.98 Å². The van der Waals surface area contributed by atoms with Gasteiger partial charge in [0, 0.05) is 10.4 Å². The van der Waals surface area contributed by atoms with Crippen LogP contribution in [0.25, 0.3) is 10.4 Å². The van der Waals surface area contributed by atoms with Crippen molar-refractivity contribution >= 4 is 28.9 Å². The number of nitriles is 2. The summed E-state index contributed by atoms with van der Waals surface area (Å²) in [7, 11) is 0. The zero-order chi connectivity index (χ0) is 13.1. The summed E-state index contributed by atoms with van der Waals surface area (Å²) in [5, 5.41) is 21.1. The van der Waals surface area contributed by atoms with E-state index < -0.39 is 0 Å². The van der Waals surface area contributed by atoms with E-state index in [1.54, 1.807) is 0 Å². The quantitative estimate of drug-likeness (QED) is 0.910. The Morgan fingerprint density at radius 2 is 2.06 bits per heavy atom. The van der Waals surface area contributed by atoms with Gasteiger partial charge in [0.25, 0.3) is 0 Å². The minimum atomic E-state index is 0.198. The molecule has 2 heterocycles. The Morgan fingerprint density at radius 3 is 2.56 bits per heavy atom. The molecule has 4 nitrogen and oxygen atoms in total. The molecule has 18 heavy (non-hydrogen) atoms. The number of hydrogen-bond donors (Lipinski definition) is 1. The van der Waals surface area contributed by atoms with Crippen molar-refractivity contribution in [2.24, 2.45) is 0 Å². The van der Waals surface area contributed by atoms with Gasteiger partial charge in [-0.1, -0.05) is 6.07 Å². The van der Waals surface area contributed by atoms with Gasteiger partial charge >= 0.3 is 0 Å². The van der Waals surface area contributed by atoms with E-state index in [0.29, 0.717) is 27.9 Å². The van der Waals surface area contributed by atoms with Crippen LogP contribution in [0.3, 0.4) is 0 Å². The highest BCUT2D eigenvalue weighted by Crippen LogP contribution is 2.36. The van der Waals surface area contributed by atoms with Gasteiger partial charge in [0.05, 0.1) is 10.6 Å². The maximum Gasteiger partial charge on any atom is 0.143 e. The van der Waals surface area contributed by atoms with Gasteiger partial charge in [-0.15, -0.1) is 11.3 Å². The van der Waals surface area contributed by atoms with Crippen LogP contribution < -0.4 is 5.73 Å². The molecule has 6 heteroatoms. The summed E-state index contributed by atoms with van der Waals surface area (Å²) in [6.07, 6.45) is 1.94. The summed E-state index contributed by atoms with van der Waals surface area (Å²) in [5.41, 5.74) is 7.17. The Balaban J connectivity index is 2.88. The average molecular weight is 274 g/mol. The first kappa shape index (κ1) is 12.4. The molecule has 0 aliphatic carbocycles. The second kappa shape index (κ2) is 5.09. The molecule has 0 spiro atoms. The number of thiophene rings is 1. The number of hydrogen-bond acceptors (Lipinski definition) is 5. The molecule has 0 atom stereocenters. The fraction of sp³-hybridized carbons (Fsp3) is 0.0833. The largest absolute Gasteiger partial charge is 0.383 e. The molecule has 0 saturated carbocycles. The minimum Gasteiger partial charge on any atom is -0.383 e. The maximum absolute atomic E-state index is 9.31. The van der Waals surface area contributed by atoms with Crippen LogP contribution in [0.15, 0.2) is 22.5 Å². The number of pyridine rings is 1. The summed E-state index contributed by atoms with van der Waals surface area (Å²) in [5.74, 6) is 0.198. The van der Waals surface area contributed by atoms with Crippen molar-refractivity contribution in [3.8, 4) is 22.6 Å². The van der Waals surface area contributed by atoms with E-state index in [-0.39, 0.29) is 11.4 Å². The van der Waals surface area contributed by atoms with Crippen LogP contribution in [0, 0.1) is 22.7 Å². The van der Waals surface area contributed by atoms with Crippen molar-refractivity contribution in [2.75, 3.05) is 12.0 Å². The maximum atomic E-state index is 9.31. The highest BCUT2D eigenvalue weighted by Gasteiger charge is 2.19. The minimum absolute atomic E-state index is 0.198. The van der Waals surface area contributed by atoms with Crippen molar-refractivity contribution in [3.05, 3.63) is 28.6 Å². The number of rotatable bonds is 2. The average Bonchev–Trinajstić information content (AvgIpc) is 2.90. The fourth-order valence-corrected chi connectivity index (χ4v) is 3.12. The summed E-state index contributed by atoms with van der Waals surface area (Å²) < 4.78 is 0. The number of nitrogen functional groups attached to an aromatic ring is 1. The third-order valence-electron chi connectivity index (χ3n) is 2.45. The molecule has 2 aromatic rings. The van der Waals surface area contributed by atoms with Gasteiger partial charge in [-0.3, -0.25) is 0 Å². The lowest BCUT2D eigenvalue weighted by atomic mass is 10.0. The first-order valence-electron chi connectivity index (χ1n) is 5.08. The first-order valence-corrected chi connectivity index (χ1v) is 7.46. The SMILES string of the molecule is C[SH2]c1nc(N)c(C#N)c(-c2cccs2)c1C#N. The van der Waals surface area contributed by atoms with Crippen LogP contribution in [0.5, 0.6) is 0 Å². The van der Waals surface area contributed by atoms with E-state index in [2.05, 4.69) is 11.1 Å². The molecule has 0 saturated heterocycles. The Labute approximate surface area is 113 Å². The lowest BCUT2D eigenvalue weighted by molar-refractivity contribution is 1.12. The van der Waals surface area contributed by atoms with E-state index in [9.17, 15) is 10.5 Å². The third kappa shape index (κ3) is 1.92. The van der Waals surface area contributed by atoms with Gasteiger partial charge in [-0.05, 0) is 17.7 Å². The monoisotopic (exact) mass is 274 g/mol. The lowest BCUT2D eigenvalue weighted by Crippen LogP contribution is -2.02. The second-order valence-electron chi connectivity index (χ2n) is 3.42. The van der Waals surface area contributed by atoms with Gasteiger partial charge in [-0.25, -0.2) is 16.7 Å². The Kier molecular flexibility index (Phi) is 3.52. The standard InChI is InChI=1S/C12H10N4S2/c1-17-12-8(6-14)10(9-3-2-4-18-9)7(5-13)11(15)16-12/h2-4H,17H2,1H3,(H2,15,16). The van der Waals surface area contributed by atoms with Gasteiger partial charge in [0.1, 0.15) is 23.5 Å². The second-order valence-corrected chi connectivity index (χ2v) is 5.34. The topological polar surface area (TPSA) is 86.5 Å². The molecule has 0 bridgehead atoms. The lowest BCUT2D eigenvalue weighted by Gasteiger charge is -2.10. The van der Waals surface area contributed by atoms with Crippen LogP contribution in [0.1, 0.15) is 11.1 Å². The van der Waals surface area contributed by atoms with Crippen molar-refractivity contribution in [1.29, 1.82) is 10.5 Å². The van der Waals surface area contributed by atoms with E-state index >= 15 is 0 Å². The molecule has 0 aromatic carbocycles. The molecule has 0 amide bonds. The zero-order valence-corrected chi connectivity index (χ0v) is 11.4. The molecular weight excluding hydrogens is 264 g/mol. The zero-order valence-electron chi connectivity index (χ0n) is 9.56. The molecule has 2 aromatic heterocycles. The Morgan fingerprint density at radius 1 is 1.33 bits per heavy atom. The first-order chi connectivity index (χ1) is 8.72. The van der Waals surface area contributed by atoms with Gasteiger partial charge in [-0.2, -0.15) is 10.5 Å². The number of aromatic nitrogens is 1. The van der Waals surface area contributed by atoms with Gasteiger partial charge < -0.3 is 5.73 Å². The highest BCUT2D eigenvalue weighted by molar-refractivity contribution is 7.98. The smallest absolute Gasteiger partial charge is 0.143 e. The van der Waals surface area contributed by atoms with Crippen LogP contribution >= 0.6 is 23.1 Å². The molecule has 0 fully saturated rings. The third-order valence-corrected chi connectivity index (χ3v) is 4.18. The predicted octanol–water partition coefficient (Wildman–Crippen LogP) is 2.32. The molecule has 0 aliphatic heterocycles.